The van der Waals surface area contributed by atoms with Crippen LogP contribution in [-0.2, 0) is 19.1 Å². The maximum Gasteiger partial charge on any atom is 0.324 e. The van der Waals surface area contributed by atoms with Crippen molar-refractivity contribution in [3.8, 4) is 0 Å². The summed E-state index contributed by atoms with van der Waals surface area (Å²) in [7, 11) is -1.93. The molecule has 0 aromatic rings. The molecule has 0 fully saturated rings. The lowest BCUT2D eigenvalue weighted by atomic mass is 10.2. The lowest BCUT2D eigenvalue weighted by Crippen LogP contribution is -2.58. The van der Waals surface area contributed by atoms with Crippen LogP contribution in [0, 0.1) is 10.2 Å². The number of ether oxygens (including phenoxy) is 2. The van der Waals surface area contributed by atoms with E-state index in [1.165, 1.54) is 21.6 Å². The van der Waals surface area contributed by atoms with Crippen LogP contribution in [0.25, 0.3) is 0 Å². The van der Waals surface area contributed by atoms with Crippen LogP contribution < -0.4 is 25.4 Å². The average molecular weight is 453 g/mol. The molecule has 0 saturated heterocycles. The van der Waals surface area contributed by atoms with Gasteiger partial charge in [0, 0.05) is 11.5 Å². The average Bonchev–Trinajstić information content (AvgIpc) is 2.37. The molecule has 0 unspecified atom stereocenters. The van der Waals surface area contributed by atoms with Crippen LogP contribution in [0.1, 0.15) is 41.5 Å². The van der Waals surface area contributed by atoms with Gasteiger partial charge in [0.1, 0.15) is 23.3 Å². The highest BCUT2D eigenvalue weighted by Gasteiger charge is 2.24. The van der Waals surface area contributed by atoms with E-state index in [9.17, 15) is 9.59 Å². The number of rotatable bonds is 7. The molecule has 2 atom stereocenters. The summed E-state index contributed by atoms with van der Waals surface area (Å²) in [5.41, 5.74) is 10.4. The summed E-state index contributed by atoms with van der Waals surface area (Å²) in [5.74, 6) is -0.0876. The number of hydrogen-bond acceptors (Lipinski definition) is 12. The van der Waals surface area contributed by atoms with Gasteiger partial charge in [-0.05, 0) is 41.5 Å². The summed E-state index contributed by atoms with van der Waals surface area (Å²) in [6, 6.07) is -1.40. The Balaban J connectivity index is 0. The monoisotopic (exact) mass is 452 g/mol. The fourth-order valence-corrected chi connectivity index (χ4v) is 3.35. The summed E-state index contributed by atoms with van der Waals surface area (Å²) in [4.78, 5) is 23.4. The molecule has 0 rings (SSSR count). The van der Waals surface area contributed by atoms with Crippen molar-refractivity contribution in [2.45, 2.75) is 64.8 Å². The van der Waals surface area contributed by atoms with Gasteiger partial charge in [-0.15, -0.1) is 0 Å². The summed E-state index contributed by atoms with van der Waals surface area (Å²) in [5, 5.41) is 0. The van der Waals surface area contributed by atoms with Crippen LogP contribution in [0.15, 0.2) is 0 Å². The fraction of sp³-hybridized carbons (Fsp3) is 0.857. The van der Waals surface area contributed by atoms with Gasteiger partial charge in [0.05, 0.1) is 14.9 Å². The topological polar surface area (TPSA) is 194 Å². The van der Waals surface area contributed by atoms with E-state index < -0.39 is 45.5 Å². The Morgan fingerprint density at radius 1 is 0.889 bits per heavy atom. The lowest BCUT2D eigenvalue weighted by molar-refractivity contribution is -1.92. The lowest BCUT2D eigenvalue weighted by Gasteiger charge is -2.22. The molecule has 162 valence electrons. The molecule has 0 aliphatic carbocycles. The zero-order valence-corrected chi connectivity index (χ0v) is 18.6. The highest BCUT2D eigenvalue weighted by atomic mass is 35.7. The zero-order chi connectivity index (χ0) is 22.1. The predicted molar refractivity (Wildman–Crippen MR) is 94.8 cm³/mol. The van der Waals surface area contributed by atoms with Crippen molar-refractivity contribution in [3.05, 3.63) is 0 Å². The Morgan fingerprint density at radius 2 is 1.11 bits per heavy atom. The Bertz CT molecular complexity index is 422. The van der Waals surface area contributed by atoms with Gasteiger partial charge in [-0.1, -0.05) is 21.6 Å². The van der Waals surface area contributed by atoms with E-state index in [-0.39, 0.29) is 0 Å². The van der Waals surface area contributed by atoms with Gasteiger partial charge in [-0.2, -0.15) is 14.0 Å². The molecular weight excluding hydrogens is 424 g/mol. The van der Waals surface area contributed by atoms with E-state index >= 15 is 0 Å². The molecule has 0 radical (unpaired) electrons. The number of carbonyl (C=O) groups is 2. The van der Waals surface area contributed by atoms with E-state index in [0.717, 1.165) is 0 Å². The largest absolute Gasteiger partial charge is 0.459 e. The van der Waals surface area contributed by atoms with Crippen LogP contribution in [0.3, 0.4) is 0 Å². The van der Waals surface area contributed by atoms with Gasteiger partial charge < -0.3 is 20.9 Å². The van der Waals surface area contributed by atoms with Crippen molar-refractivity contribution in [2.24, 2.45) is 11.5 Å². The second-order valence-corrected chi connectivity index (χ2v) is 10.6. The summed E-state index contributed by atoms with van der Waals surface area (Å²) in [6.07, 6.45) is 0. The van der Waals surface area contributed by atoms with Crippen molar-refractivity contribution in [1.29, 1.82) is 0 Å². The maximum atomic E-state index is 11.7. The third kappa shape index (κ3) is 23.7. The van der Waals surface area contributed by atoms with Crippen molar-refractivity contribution in [1.82, 2.24) is 0 Å². The number of nitrogens with two attached hydrogens (primary N) is 2. The van der Waals surface area contributed by atoms with Crippen LogP contribution in [0.4, 0.5) is 0 Å². The van der Waals surface area contributed by atoms with Crippen LogP contribution in [0.5, 0.6) is 0 Å². The number of esters is 2. The molecule has 0 aromatic heterocycles. The molecule has 10 nitrogen and oxygen atoms in total. The molecule has 0 spiro atoms. The minimum atomic E-state index is -4.69. The predicted octanol–water partition coefficient (Wildman–Crippen LogP) is -2.42. The molecule has 5 N–H and O–H groups in total. The number of halogens is 1. The summed E-state index contributed by atoms with van der Waals surface area (Å²) >= 11 is 0. The smallest absolute Gasteiger partial charge is 0.324 e. The van der Waals surface area contributed by atoms with E-state index in [4.69, 9.17) is 39.6 Å². The molecule has 0 saturated carbocycles. The van der Waals surface area contributed by atoms with Crippen molar-refractivity contribution in [3.63, 3.8) is 0 Å². The van der Waals surface area contributed by atoms with E-state index in [1.54, 1.807) is 41.5 Å². The molecule has 0 aliphatic heterocycles. The first-order valence-electron chi connectivity index (χ1n) is 7.66. The Hall–Kier alpha value is -0.310. The summed E-state index contributed by atoms with van der Waals surface area (Å²) < 4.78 is 43.1. The van der Waals surface area contributed by atoms with E-state index in [0.29, 0.717) is 11.5 Å². The minimum absolute atomic E-state index is 0.390. The number of carbonyl (C=O) groups excluding carboxylic acids is 2. The molecule has 0 bridgehead atoms. The normalized spacial score (nSPS) is 14.5. The molecule has 0 aromatic carbocycles. The molecule has 13 heteroatoms. The first-order valence-corrected chi connectivity index (χ1v) is 11.4. The van der Waals surface area contributed by atoms with Gasteiger partial charge >= 0.3 is 11.9 Å². The quantitative estimate of drug-likeness (QED) is 0.210. The van der Waals surface area contributed by atoms with Crippen LogP contribution >= 0.6 is 21.6 Å². The highest BCUT2D eigenvalue weighted by Crippen LogP contribution is 2.23. The molecule has 0 aliphatic rings. The van der Waals surface area contributed by atoms with E-state index in [2.05, 4.69) is 0 Å². The van der Waals surface area contributed by atoms with Gasteiger partial charge in [-0.3, -0.25) is 9.59 Å². The molecular formula is C14H29ClN2O8S2. The van der Waals surface area contributed by atoms with Crippen LogP contribution in [0.2, 0.25) is 0 Å². The van der Waals surface area contributed by atoms with E-state index in [1.807, 2.05) is 0 Å². The van der Waals surface area contributed by atoms with Crippen molar-refractivity contribution < 1.29 is 47.9 Å². The highest BCUT2D eigenvalue weighted by molar-refractivity contribution is 8.76. The van der Waals surface area contributed by atoms with Crippen molar-refractivity contribution in [2.75, 3.05) is 11.5 Å². The molecule has 0 heterocycles. The Labute approximate surface area is 169 Å². The Morgan fingerprint density at radius 3 is 1.30 bits per heavy atom. The third-order valence-corrected chi connectivity index (χ3v) is 4.47. The first kappa shape index (κ1) is 28.9. The maximum absolute atomic E-state index is 11.7. The van der Waals surface area contributed by atoms with Gasteiger partial charge in [0.15, 0.2) is 0 Å². The molecule has 0 amide bonds. The second kappa shape index (κ2) is 12.3. The van der Waals surface area contributed by atoms with Crippen LogP contribution in [-0.4, -0.2) is 51.4 Å². The SMILES string of the molecule is CC(C)(C)OC(=O)[C@@H](N)CSSC[C@H](N)C(=O)OC(C)(C)C.[O-][Cl+3]([O-])([O-])O. The third-order valence-electron chi connectivity index (χ3n) is 2.00. The van der Waals surface area contributed by atoms with Gasteiger partial charge in [-0.25, -0.2) is 0 Å². The second-order valence-electron chi connectivity index (χ2n) is 7.24. The molecule has 27 heavy (non-hydrogen) atoms. The minimum Gasteiger partial charge on any atom is -0.459 e. The first-order chi connectivity index (χ1) is 11.8. The summed E-state index contributed by atoms with van der Waals surface area (Å²) in [6.45, 7) is 10.7. The number of hydrogen-bond donors (Lipinski definition) is 3. The van der Waals surface area contributed by atoms with Gasteiger partial charge in [0.25, 0.3) is 0 Å². The Kier molecular flexibility index (Phi) is 13.2. The standard InChI is InChI=1S/C14H28N2O4S2.ClHO4/c1-13(2,3)19-11(17)9(15)7-21-22-8-10(16)12(18)20-14(4,5)6;2-1(3,4)5/h9-10H,7-8,15-16H2,1-6H3;(H,2,3,4,5)/t9-,10-;/m0./s1. The fourth-order valence-electron chi connectivity index (χ4n) is 1.13. The zero-order valence-electron chi connectivity index (χ0n) is 16.2. The van der Waals surface area contributed by atoms with Gasteiger partial charge in [0.2, 0.25) is 0 Å². The van der Waals surface area contributed by atoms with Crippen molar-refractivity contribution >= 4 is 33.5 Å².